The van der Waals surface area contributed by atoms with E-state index in [0.29, 0.717) is 0 Å². The van der Waals surface area contributed by atoms with E-state index < -0.39 is 5.97 Å². The summed E-state index contributed by atoms with van der Waals surface area (Å²) < 4.78 is 5.14. The molecule has 0 aromatic heterocycles. The number of aryl methyl sites for hydroxylation is 1. The zero-order valence-electron chi connectivity index (χ0n) is 11.7. The number of ether oxygens (including phenoxy) is 1. The molecule has 0 fully saturated rings. The Morgan fingerprint density at radius 3 is 2.15 bits per heavy atom. The van der Waals surface area contributed by atoms with Crippen molar-refractivity contribution in [3.05, 3.63) is 66.7 Å². The number of hydrogen-bond acceptors (Lipinski definition) is 2. The van der Waals surface area contributed by atoms with E-state index in [-0.39, 0.29) is 0 Å². The molecule has 0 bridgehead atoms. The van der Waals surface area contributed by atoms with Gasteiger partial charge < -0.3 is 9.84 Å². The van der Waals surface area contributed by atoms with E-state index in [9.17, 15) is 4.79 Å². The molecule has 0 aliphatic carbocycles. The first-order valence-electron chi connectivity index (χ1n) is 6.14. The molecule has 2 rings (SSSR count). The largest absolute Gasteiger partial charge is 0.497 e. The minimum absolute atomic E-state index is 0.833. The van der Waals surface area contributed by atoms with Crippen molar-refractivity contribution in [2.45, 2.75) is 6.92 Å². The molecule has 20 heavy (non-hydrogen) atoms. The quantitative estimate of drug-likeness (QED) is 0.860. The van der Waals surface area contributed by atoms with Gasteiger partial charge in [0.15, 0.2) is 0 Å². The first-order valence-corrected chi connectivity index (χ1v) is 6.14. The van der Waals surface area contributed by atoms with Gasteiger partial charge >= 0.3 is 5.97 Å². The summed E-state index contributed by atoms with van der Waals surface area (Å²) in [5, 5.41) is 7.60. The van der Waals surface area contributed by atoms with Crippen molar-refractivity contribution in [3.63, 3.8) is 0 Å². The highest BCUT2D eigenvalue weighted by molar-refractivity contribution is 5.78. The number of rotatable bonds is 3. The van der Waals surface area contributed by atoms with E-state index >= 15 is 0 Å². The van der Waals surface area contributed by atoms with Crippen LogP contribution in [0.25, 0.3) is 11.1 Å². The maximum absolute atomic E-state index is 9.25. The van der Waals surface area contributed by atoms with Gasteiger partial charge in [0.25, 0.3) is 0 Å². The second-order valence-corrected chi connectivity index (χ2v) is 4.09. The van der Waals surface area contributed by atoms with Crippen molar-refractivity contribution in [2.24, 2.45) is 0 Å². The van der Waals surface area contributed by atoms with Crippen LogP contribution >= 0.6 is 0 Å². The van der Waals surface area contributed by atoms with Crippen LogP contribution in [0, 0.1) is 6.92 Å². The second kappa shape index (κ2) is 7.79. The molecule has 0 radical (unpaired) electrons. The van der Waals surface area contributed by atoms with Crippen LogP contribution in [-0.2, 0) is 4.79 Å². The second-order valence-electron chi connectivity index (χ2n) is 4.09. The van der Waals surface area contributed by atoms with Crippen molar-refractivity contribution >= 4 is 5.97 Å². The Morgan fingerprint density at radius 2 is 1.70 bits per heavy atom. The fraction of sp³-hybridized carbons (Fsp3) is 0.118. The van der Waals surface area contributed by atoms with Crippen LogP contribution in [0.1, 0.15) is 5.56 Å². The van der Waals surface area contributed by atoms with Gasteiger partial charge in [0.2, 0.25) is 0 Å². The monoisotopic (exact) mass is 270 g/mol. The fourth-order valence-corrected chi connectivity index (χ4v) is 1.67. The van der Waals surface area contributed by atoms with Crippen LogP contribution in [0.3, 0.4) is 0 Å². The number of aliphatic carboxylic acids is 1. The van der Waals surface area contributed by atoms with Crippen LogP contribution in [0.15, 0.2) is 61.2 Å². The number of carboxylic acid groups (broad SMARTS) is 1. The van der Waals surface area contributed by atoms with Gasteiger partial charge in [-0.2, -0.15) is 0 Å². The summed E-state index contributed by atoms with van der Waals surface area (Å²) in [6, 6.07) is 16.5. The molecule has 3 nitrogen and oxygen atoms in total. The average molecular weight is 270 g/mol. The van der Waals surface area contributed by atoms with Crippen LogP contribution < -0.4 is 4.74 Å². The third-order valence-corrected chi connectivity index (χ3v) is 2.72. The summed E-state index contributed by atoms with van der Waals surface area (Å²) in [5.74, 6) is -0.0858. The van der Waals surface area contributed by atoms with Gasteiger partial charge in [-0.25, -0.2) is 4.79 Å². The van der Waals surface area contributed by atoms with Gasteiger partial charge in [-0.05, 0) is 35.7 Å². The third kappa shape index (κ3) is 4.61. The number of carbonyl (C=O) groups is 1. The van der Waals surface area contributed by atoms with Crippen LogP contribution in [0.5, 0.6) is 5.75 Å². The highest BCUT2D eigenvalue weighted by Crippen LogP contribution is 2.24. The number of benzene rings is 2. The minimum atomic E-state index is -0.981. The van der Waals surface area contributed by atoms with Gasteiger partial charge in [0.1, 0.15) is 5.75 Å². The van der Waals surface area contributed by atoms with Crippen molar-refractivity contribution < 1.29 is 14.6 Å². The molecule has 2 aromatic rings. The van der Waals surface area contributed by atoms with Crippen molar-refractivity contribution in [2.75, 3.05) is 7.11 Å². The van der Waals surface area contributed by atoms with Gasteiger partial charge in [0, 0.05) is 6.08 Å². The summed E-state index contributed by atoms with van der Waals surface area (Å²) in [4.78, 5) is 9.25. The predicted octanol–water partition coefficient (Wildman–Crippen LogP) is 3.93. The van der Waals surface area contributed by atoms with E-state index in [1.54, 1.807) is 7.11 Å². The Morgan fingerprint density at radius 1 is 1.15 bits per heavy atom. The summed E-state index contributed by atoms with van der Waals surface area (Å²) >= 11 is 0. The SMILES string of the molecule is C=CC(=O)O.COc1ccc(-c2ccccc2C)cc1. The van der Waals surface area contributed by atoms with E-state index in [2.05, 4.69) is 49.9 Å². The van der Waals surface area contributed by atoms with E-state index in [0.717, 1.165) is 11.8 Å². The van der Waals surface area contributed by atoms with Crippen LogP contribution in [0.4, 0.5) is 0 Å². The fourth-order valence-electron chi connectivity index (χ4n) is 1.67. The molecule has 0 amide bonds. The standard InChI is InChI=1S/C14H14O.C3H4O2/c1-11-5-3-4-6-14(11)12-7-9-13(15-2)10-8-12;1-2-3(4)5/h3-10H,1-2H3;2H,1H2,(H,4,5). The number of hydrogen-bond donors (Lipinski definition) is 1. The van der Waals surface area contributed by atoms with Gasteiger partial charge in [-0.15, -0.1) is 0 Å². The zero-order chi connectivity index (χ0) is 15.0. The molecule has 0 aliphatic rings. The van der Waals surface area contributed by atoms with E-state index in [4.69, 9.17) is 9.84 Å². The van der Waals surface area contributed by atoms with Crippen molar-refractivity contribution in [1.29, 1.82) is 0 Å². The van der Waals surface area contributed by atoms with Crippen molar-refractivity contribution in [1.82, 2.24) is 0 Å². The molecule has 0 saturated carbocycles. The lowest BCUT2D eigenvalue weighted by atomic mass is 10.0. The Balaban J connectivity index is 0.000000347. The predicted molar refractivity (Wildman–Crippen MR) is 81.0 cm³/mol. The Labute approximate surface area is 119 Å². The molecule has 0 unspecified atom stereocenters. The first-order chi connectivity index (χ1) is 9.58. The summed E-state index contributed by atoms with van der Waals surface area (Å²) in [5.41, 5.74) is 3.80. The molecular weight excluding hydrogens is 252 g/mol. The topological polar surface area (TPSA) is 46.5 Å². The highest BCUT2D eigenvalue weighted by atomic mass is 16.5. The molecule has 0 aliphatic heterocycles. The normalized spacial score (nSPS) is 9.10. The Kier molecular flexibility index (Phi) is 6.04. The minimum Gasteiger partial charge on any atom is -0.497 e. The molecule has 3 heteroatoms. The Bertz CT molecular complexity index is 571. The molecule has 0 heterocycles. The molecule has 0 spiro atoms. The zero-order valence-corrected chi connectivity index (χ0v) is 11.7. The first kappa shape index (κ1) is 15.5. The van der Waals surface area contributed by atoms with Gasteiger partial charge in [-0.3, -0.25) is 0 Å². The third-order valence-electron chi connectivity index (χ3n) is 2.72. The van der Waals surface area contributed by atoms with Crippen molar-refractivity contribution in [3.8, 4) is 16.9 Å². The smallest absolute Gasteiger partial charge is 0.327 e. The van der Waals surface area contributed by atoms with Gasteiger partial charge in [-0.1, -0.05) is 43.0 Å². The average Bonchev–Trinajstić information content (AvgIpc) is 2.48. The molecule has 104 valence electrons. The van der Waals surface area contributed by atoms with E-state index in [1.165, 1.54) is 16.7 Å². The number of carboxylic acids is 1. The molecule has 2 aromatic carbocycles. The summed E-state index contributed by atoms with van der Waals surface area (Å²) in [7, 11) is 1.68. The molecule has 0 atom stereocenters. The molecule has 0 saturated heterocycles. The maximum atomic E-state index is 9.25. The van der Waals surface area contributed by atoms with Crippen LogP contribution in [0.2, 0.25) is 0 Å². The molecular formula is C17H18O3. The lowest BCUT2D eigenvalue weighted by Gasteiger charge is -2.06. The van der Waals surface area contributed by atoms with E-state index in [1.807, 2.05) is 12.1 Å². The Hall–Kier alpha value is -2.55. The summed E-state index contributed by atoms with van der Waals surface area (Å²) in [6.07, 6.45) is 0.833. The van der Waals surface area contributed by atoms with Crippen LogP contribution in [-0.4, -0.2) is 18.2 Å². The lowest BCUT2D eigenvalue weighted by molar-refractivity contribution is -0.131. The summed E-state index contributed by atoms with van der Waals surface area (Å²) in [6.45, 7) is 5.09. The highest BCUT2D eigenvalue weighted by Gasteiger charge is 2.00. The maximum Gasteiger partial charge on any atom is 0.327 e. The molecule has 1 N–H and O–H groups in total. The van der Waals surface area contributed by atoms with Gasteiger partial charge in [0.05, 0.1) is 7.11 Å². The number of methoxy groups -OCH3 is 1. The lowest BCUT2D eigenvalue weighted by Crippen LogP contribution is -1.84.